The molecule has 0 saturated carbocycles. The van der Waals surface area contributed by atoms with Gasteiger partial charge >= 0.3 is 0 Å². The first-order valence-corrected chi connectivity index (χ1v) is 11.0. The number of aliphatic hydroxyl groups excluding tert-OH is 1. The molecule has 0 aliphatic carbocycles. The number of hydrogen-bond donors (Lipinski definition) is 2. The molecule has 1 aliphatic heterocycles. The summed E-state index contributed by atoms with van der Waals surface area (Å²) in [6.07, 6.45) is -0.562. The number of nitrogens with zero attached hydrogens (tertiary/aromatic N) is 2. The molecule has 6 heteroatoms. The summed E-state index contributed by atoms with van der Waals surface area (Å²) >= 11 is 0. The molecule has 2 heterocycles. The molecule has 0 bridgehead atoms. The first-order chi connectivity index (χ1) is 15.6. The van der Waals surface area contributed by atoms with Gasteiger partial charge in [0.2, 0.25) is 5.56 Å². The van der Waals surface area contributed by atoms with Crippen LogP contribution < -0.4 is 15.2 Å². The Morgan fingerprint density at radius 1 is 0.875 bits per heavy atom. The molecule has 1 aromatic heterocycles. The third kappa shape index (κ3) is 4.61. The van der Waals surface area contributed by atoms with Crippen LogP contribution >= 0.6 is 0 Å². The topological polar surface area (TPSA) is 68.8 Å². The molecule has 4 aromatic rings. The Morgan fingerprint density at radius 3 is 2.50 bits per heavy atom. The highest BCUT2D eigenvalue weighted by Gasteiger charge is 2.20. The third-order valence-electron chi connectivity index (χ3n) is 6.08. The number of benzene rings is 3. The van der Waals surface area contributed by atoms with Gasteiger partial charge in [-0.15, -0.1) is 0 Å². The van der Waals surface area contributed by atoms with Crippen molar-refractivity contribution in [2.24, 2.45) is 0 Å². The van der Waals surface area contributed by atoms with Crippen LogP contribution in [0.3, 0.4) is 0 Å². The summed E-state index contributed by atoms with van der Waals surface area (Å²) in [6, 6.07) is 23.8. The van der Waals surface area contributed by atoms with Crippen molar-refractivity contribution in [3.05, 3.63) is 83.2 Å². The van der Waals surface area contributed by atoms with Crippen molar-refractivity contribution in [1.29, 1.82) is 0 Å². The lowest BCUT2D eigenvalue weighted by Crippen LogP contribution is -2.49. The summed E-state index contributed by atoms with van der Waals surface area (Å²) in [5, 5.41) is 13.9. The molecular formula is C26H27N3O3. The summed E-state index contributed by atoms with van der Waals surface area (Å²) < 4.78 is 5.80. The standard InChI is InChI=1S/C26H27N3O3/c30-23(18-32-24-8-9-25-21(16-24)6-10-26(31)27-25)17-28-11-13-29(14-12-28)22-7-5-19-3-1-2-4-20(19)15-22/h1-10,15-16,23,30H,11-14,17-18H2,(H,27,31). The monoisotopic (exact) mass is 429 g/mol. The summed E-state index contributed by atoms with van der Waals surface area (Å²) in [4.78, 5) is 18.9. The van der Waals surface area contributed by atoms with Gasteiger partial charge < -0.3 is 19.7 Å². The highest BCUT2D eigenvalue weighted by atomic mass is 16.5. The van der Waals surface area contributed by atoms with E-state index in [1.807, 2.05) is 18.2 Å². The van der Waals surface area contributed by atoms with E-state index in [9.17, 15) is 9.90 Å². The van der Waals surface area contributed by atoms with Gasteiger partial charge in [0.1, 0.15) is 18.5 Å². The smallest absolute Gasteiger partial charge is 0.248 e. The SMILES string of the molecule is O=c1ccc2cc(OCC(O)CN3CCN(c4ccc5ccccc5c4)CC3)ccc2[nH]1. The van der Waals surface area contributed by atoms with Crippen LogP contribution in [0.5, 0.6) is 5.75 Å². The molecule has 0 amide bonds. The zero-order valence-electron chi connectivity index (χ0n) is 17.9. The first-order valence-electron chi connectivity index (χ1n) is 11.0. The molecule has 1 atom stereocenters. The quantitative estimate of drug-likeness (QED) is 0.493. The van der Waals surface area contributed by atoms with Gasteiger partial charge in [0.25, 0.3) is 0 Å². The zero-order chi connectivity index (χ0) is 21.9. The van der Waals surface area contributed by atoms with Gasteiger partial charge in [-0.25, -0.2) is 0 Å². The molecule has 0 spiro atoms. The van der Waals surface area contributed by atoms with Crippen molar-refractivity contribution in [3.63, 3.8) is 0 Å². The molecule has 5 rings (SSSR count). The number of β-amino-alcohol motifs (C(OH)–C–C–N with tert-alkyl or cyclic N) is 1. The molecule has 1 saturated heterocycles. The molecule has 3 aromatic carbocycles. The fourth-order valence-electron chi connectivity index (χ4n) is 4.33. The number of nitrogens with one attached hydrogen (secondary N) is 1. The van der Waals surface area contributed by atoms with Gasteiger partial charge in [0.05, 0.1) is 0 Å². The van der Waals surface area contributed by atoms with Crippen molar-refractivity contribution in [3.8, 4) is 5.75 Å². The van der Waals surface area contributed by atoms with E-state index in [1.54, 1.807) is 6.07 Å². The minimum Gasteiger partial charge on any atom is -0.491 e. The Morgan fingerprint density at radius 2 is 1.66 bits per heavy atom. The number of aliphatic hydroxyl groups is 1. The summed E-state index contributed by atoms with van der Waals surface area (Å²) in [7, 11) is 0. The van der Waals surface area contributed by atoms with Crippen LogP contribution in [0, 0.1) is 0 Å². The number of H-pyrrole nitrogens is 1. The lowest BCUT2D eigenvalue weighted by atomic mass is 10.1. The lowest BCUT2D eigenvalue weighted by molar-refractivity contribution is 0.0663. The van der Waals surface area contributed by atoms with E-state index >= 15 is 0 Å². The van der Waals surface area contributed by atoms with Crippen LogP contribution in [0.25, 0.3) is 21.7 Å². The highest BCUT2D eigenvalue weighted by Crippen LogP contribution is 2.23. The number of piperazine rings is 1. The number of aromatic nitrogens is 1. The second-order valence-corrected chi connectivity index (χ2v) is 8.36. The van der Waals surface area contributed by atoms with Crippen molar-refractivity contribution in [2.75, 3.05) is 44.2 Å². The van der Waals surface area contributed by atoms with Crippen molar-refractivity contribution in [1.82, 2.24) is 9.88 Å². The number of pyridine rings is 1. The maximum atomic E-state index is 11.4. The minimum absolute atomic E-state index is 0.123. The molecule has 164 valence electrons. The predicted octanol–water partition coefficient (Wildman–Crippen LogP) is 3.24. The third-order valence-corrected chi connectivity index (χ3v) is 6.08. The molecular weight excluding hydrogens is 402 g/mol. The van der Waals surface area contributed by atoms with E-state index in [1.165, 1.54) is 22.5 Å². The Kier molecular flexibility index (Phi) is 5.79. The fraction of sp³-hybridized carbons (Fsp3) is 0.269. The van der Waals surface area contributed by atoms with Crippen LogP contribution in [-0.4, -0.2) is 60.4 Å². The molecule has 0 radical (unpaired) electrons. The first kappa shape index (κ1) is 20.5. The second kappa shape index (κ2) is 9.02. The predicted molar refractivity (Wildman–Crippen MR) is 129 cm³/mol. The zero-order valence-corrected chi connectivity index (χ0v) is 17.9. The van der Waals surface area contributed by atoms with Gasteiger partial charge in [-0.3, -0.25) is 9.69 Å². The molecule has 1 aliphatic rings. The Bertz CT molecular complexity index is 1280. The van der Waals surface area contributed by atoms with Crippen molar-refractivity contribution < 1.29 is 9.84 Å². The maximum Gasteiger partial charge on any atom is 0.248 e. The van der Waals surface area contributed by atoms with Crippen LogP contribution in [0.2, 0.25) is 0 Å². The van der Waals surface area contributed by atoms with E-state index in [0.29, 0.717) is 12.3 Å². The van der Waals surface area contributed by atoms with Crippen LogP contribution in [0.15, 0.2) is 77.6 Å². The number of ether oxygens (including phenoxy) is 1. The Balaban J connectivity index is 1.12. The highest BCUT2D eigenvalue weighted by molar-refractivity contribution is 5.85. The van der Waals surface area contributed by atoms with Crippen LogP contribution in [-0.2, 0) is 0 Å². The minimum atomic E-state index is -0.562. The fourth-order valence-corrected chi connectivity index (χ4v) is 4.33. The molecule has 6 nitrogen and oxygen atoms in total. The van der Waals surface area contributed by atoms with Crippen LogP contribution in [0.1, 0.15) is 0 Å². The second-order valence-electron chi connectivity index (χ2n) is 8.36. The van der Waals surface area contributed by atoms with Crippen molar-refractivity contribution >= 4 is 27.4 Å². The van der Waals surface area contributed by atoms with Crippen molar-refractivity contribution in [2.45, 2.75) is 6.10 Å². The summed E-state index contributed by atoms with van der Waals surface area (Å²) in [5.74, 6) is 0.685. The number of hydrogen-bond acceptors (Lipinski definition) is 5. The van der Waals surface area contributed by atoms with Gasteiger partial charge in [-0.05, 0) is 47.2 Å². The Hall–Kier alpha value is -3.35. The Labute approximate surface area is 186 Å². The van der Waals surface area contributed by atoms with E-state index in [2.05, 4.69) is 57.2 Å². The van der Waals surface area contributed by atoms with E-state index in [4.69, 9.17) is 4.74 Å². The van der Waals surface area contributed by atoms with Gasteiger partial charge in [-0.2, -0.15) is 0 Å². The maximum absolute atomic E-state index is 11.4. The summed E-state index contributed by atoms with van der Waals surface area (Å²) in [5.41, 5.74) is 1.90. The van der Waals surface area contributed by atoms with Gasteiger partial charge in [-0.1, -0.05) is 30.3 Å². The van der Waals surface area contributed by atoms with E-state index < -0.39 is 6.10 Å². The lowest BCUT2D eigenvalue weighted by Gasteiger charge is -2.37. The molecule has 2 N–H and O–H groups in total. The van der Waals surface area contributed by atoms with Gasteiger partial charge in [0, 0.05) is 55.4 Å². The normalized spacial score (nSPS) is 15.8. The van der Waals surface area contributed by atoms with Gasteiger partial charge in [0.15, 0.2) is 0 Å². The number of fused-ring (bicyclic) bond motifs is 2. The molecule has 1 unspecified atom stereocenters. The number of rotatable bonds is 6. The van der Waals surface area contributed by atoms with E-state index in [0.717, 1.165) is 37.1 Å². The molecule has 32 heavy (non-hydrogen) atoms. The molecule has 1 fully saturated rings. The average Bonchev–Trinajstić information content (AvgIpc) is 2.83. The largest absolute Gasteiger partial charge is 0.491 e. The number of aromatic amines is 1. The number of anilines is 1. The average molecular weight is 430 g/mol. The van der Waals surface area contributed by atoms with E-state index in [-0.39, 0.29) is 12.2 Å². The van der Waals surface area contributed by atoms with Crippen LogP contribution in [0.4, 0.5) is 5.69 Å². The summed E-state index contributed by atoms with van der Waals surface area (Å²) in [6.45, 7) is 4.52.